The average molecular weight is 289 g/mol. The van der Waals surface area contributed by atoms with Crippen LogP contribution >= 0.6 is 0 Å². The van der Waals surface area contributed by atoms with Gasteiger partial charge in [-0.25, -0.2) is 4.79 Å². The molecule has 0 saturated heterocycles. The van der Waals surface area contributed by atoms with Crippen molar-refractivity contribution in [3.63, 3.8) is 0 Å². The van der Waals surface area contributed by atoms with Crippen molar-refractivity contribution in [2.24, 2.45) is 0 Å². The van der Waals surface area contributed by atoms with Gasteiger partial charge in [0.1, 0.15) is 5.69 Å². The number of hydrogen-bond donors (Lipinski definition) is 1. The Morgan fingerprint density at radius 2 is 1.90 bits per heavy atom. The van der Waals surface area contributed by atoms with Crippen molar-refractivity contribution in [3.05, 3.63) is 50.4 Å². The highest BCUT2D eigenvalue weighted by molar-refractivity contribution is 5.91. The van der Waals surface area contributed by atoms with E-state index in [1.54, 1.807) is 18.4 Å². The monoisotopic (exact) mass is 289 g/mol. The zero-order chi connectivity index (χ0) is 15.6. The van der Waals surface area contributed by atoms with Gasteiger partial charge >= 0.3 is 5.97 Å². The van der Waals surface area contributed by atoms with Crippen LogP contribution in [0.4, 0.5) is 0 Å². The van der Waals surface area contributed by atoms with Crippen LogP contribution in [0.15, 0.2) is 33.9 Å². The van der Waals surface area contributed by atoms with Crippen molar-refractivity contribution in [1.29, 1.82) is 0 Å². The minimum absolute atomic E-state index is 0.120. The molecule has 6 heteroatoms. The lowest BCUT2D eigenvalue weighted by molar-refractivity contribution is 0.0513. The van der Waals surface area contributed by atoms with Crippen LogP contribution < -0.4 is 10.9 Å². The van der Waals surface area contributed by atoms with Gasteiger partial charge in [0.05, 0.1) is 12.1 Å². The zero-order valence-electron chi connectivity index (χ0n) is 11.8. The predicted molar refractivity (Wildman–Crippen MR) is 77.8 cm³/mol. The summed E-state index contributed by atoms with van der Waals surface area (Å²) in [6, 6.07) is 4.87. The van der Waals surface area contributed by atoms with Crippen LogP contribution in [0, 0.1) is 0 Å². The first-order chi connectivity index (χ1) is 9.99. The normalized spacial score (nSPS) is 10.6. The zero-order valence-corrected chi connectivity index (χ0v) is 11.8. The third-order valence-electron chi connectivity index (χ3n) is 3.12. The van der Waals surface area contributed by atoms with E-state index in [4.69, 9.17) is 4.74 Å². The molecule has 0 saturated carbocycles. The van der Waals surface area contributed by atoms with E-state index < -0.39 is 22.6 Å². The smallest absolute Gasteiger partial charge is 0.355 e. The first-order valence-corrected chi connectivity index (χ1v) is 6.57. The lowest BCUT2D eigenvalue weighted by Crippen LogP contribution is -2.19. The third-order valence-corrected chi connectivity index (χ3v) is 3.12. The molecule has 0 aliphatic rings. The summed E-state index contributed by atoms with van der Waals surface area (Å²) in [6.45, 7) is 4.08. The molecule has 0 atom stereocenters. The second kappa shape index (κ2) is 5.78. The molecule has 6 nitrogen and oxygen atoms in total. The predicted octanol–water partition coefficient (Wildman–Crippen LogP) is 1.26. The maximum Gasteiger partial charge on any atom is 0.355 e. The molecule has 1 aromatic carbocycles. The summed E-state index contributed by atoms with van der Waals surface area (Å²) in [4.78, 5) is 35.6. The summed E-state index contributed by atoms with van der Waals surface area (Å²) in [7, 11) is 0. The fraction of sp³-hybridized carbons (Fsp3) is 0.267. The highest BCUT2D eigenvalue weighted by Gasteiger charge is 2.15. The summed E-state index contributed by atoms with van der Waals surface area (Å²) in [6.07, 6.45) is 0. The largest absolute Gasteiger partial charge is 0.504 e. The van der Waals surface area contributed by atoms with Crippen LogP contribution in [-0.4, -0.2) is 22.2 Å². The molecule has 1 heterocycles. The molecule has 0 unspecified atom stereocenters. The number of aryl methyl sites for hydroxylation is 1. The Kier molecular flexibility index (Phi) is 4.07. The number of hydrogen-bond acceptors (Lipinski definition) is 5. The number of fused-ring (bicyclic) bond motifs is 1. The number of carbonyl (C=O) groups excluding carboxylic acids is 1. The first kappa shape index (κ1) is 14.8. The molecule has 2 rings (SSSR count). The lowest BCUT2D eigenvalue weighted by atomic mass is 10.2. The van der Waals surface area contributed by atoms with E-state index in [1.165, 1.54) is 6.07 Å². The molecule has 110 valence electrons. The third kappa shape index (κ3) is 2.65. The Bertz CT molecular complexity index is 823. The van der Waals surface area contributed by atoms with Gasteiger partial charge in [0.2, 0.25) is 5.43 Å². The standard InChI is InChI=1S/C15H15NO5/c1-3-16-10-5-6-12(17)14(19)7-9(10)13(18)8-11(16)15(20)21-4-2/h5-8H,3-4H2,1-2H3,(H,17,19). The molecule has 0 fully saturated rings. The molecule has 0 bridgehead atoms. The fourth-order valence-electron chi connectivity index (χ4n) is 2.17. The number of aromatic nitrogens is 1. The van der Waals surface area contributed by atoms with Crippen molar-refractivity contribution in [3.8, 4) is 5.75 Å². The van der Waals surface area contributed by atoms with Gasteiger partial charge in [0.25, 0.3) is 0 Å². The number of carbonyl (C=O) groups is 1. The van der Waals surface area contributed by atoms with E-state index in [2.05, 4.69) is 0 Å². The van der Waals surface area contributed by atoms with Gasteiger partial charge in [-0.15, -0.1) is 0 Å². The molecule has 0 amide bonds. The minimum Gasteiger partial charge on any atom is -0.504 e. The molecule has 2 aromatic rings. The van der Waals surface area contributed by atoms with Crippen LogP contribution in [0.2, 0.25) is 0 Å². The molecule has 0 radical (unpaired) electrons. The van der Waals surface area contributed by atoms with Crippen LogP contribution in [0.3, 0.4) is 0 Å². The van der Waals surface area contributed by atoms with Gasteiger partial charge in [0.15, 0.2) is 11.2 Å². The van der Waals surface area contributed by atoms with Crippen LogP contribution in [-0.2, 0) is 11.3 Å². The maximum atomic E-state index is 12.1. The molecular weight excluding hydrogens is 274 g/mol. The average Bonchev–Trinajstić information content (AvgIpc) is 2.60. The number of ether oxygens (including phenoxy) is 1. The highest BCUT2D eigenvalue weighted by atomic mass is 16.5. The summed E-state index contributed by atoms with van der Waals surface area (Å²) < 4.78 is 6.51. The molecule has 0 aliphatic heterocycles. The second-order valence-corrected chi connectivity index (χ2v) is 4.38. The molecular formula is C15H15NO5. The second-order valence-electron chi connectivity index (χ2n) is 4.38. The number of nitrogens with zero attached hydrogens (tertiary/aromatic N) is 1. The van der Waals surface area contributed by atoms with Gasteiger partial charge in [-0.05, 0) is 32.0 Å². The summed E-state index contributed by atoms with van der Waals surface area (Å²) in [5.74, 6) is -1.11. The van der Waals surface area contributed by atoms with Crippen molar-refractivity contribution in [1.82, 2.24) is 4.57 Å². The molecule has 0 spiro atoms. The van der Waals surface area contributed by atoms with Crippen molar-refractivity contribution < 1.29 is 14.6 Å². The van der Waals surface area contributed by atoms with Crippen LogP contribution in [0.1, 0.15) is 24.3 Å². The SMILES string of the molecule is CCOC(=O)c1cc(=O)c2cc(O)c(=O)ccc2n1CC. The van der Waals surface area contributed by atoms with E-state index in [0.717, 1.165) is 18.2 Å². The molecule has 21 heavy (non-hydrogen) atoms. The number of rotatable bonds is 3. The van der Waals surface area contributed by atoms with Crippen molar-refractivity contribution >= 4 is 16.9 Å². The summed E-state index contributed by atoms with van der Waals surface area (Å²) >= 11 is 0. The maximum absolute atomic E-state index is 12.1. The quantitative estimate of drug-likeness (QED) is 0.860. The number of aromatic hydroxyl groups is 1. The lowest BCUT2D eigenvalue weighted by Gasteiger charge is -2.12. The molecule has 0 aliphatic carbocycles. The van der Waals surface area contributed by atoms with E-state index >= 15 is 0 Å². The minimum atomic E-state index is -0.601. The Morgan fingerprint density at radius 1 is 1.19 bits per heavy atom. The Morgan fingerprint density at radius 3 is 2.52 bits per heavy atom. The molecule has 1 aromatic heterocycles. The highest BCUT2D eigenvalue weighted by Crippen LogP contribution is 2.15. The Hall–Kier alpha value is -2.63. The van der Waals surface area contributed by atoms with E-state index in [1.807, 2.05) is 0 Å². The first-order valence-electron chi connectivity index (χ1n) is 6.57. The van der Waals surface area contributed by atoms with Crippen molar-refractivity contribution in [2.75, 3.05) is 6.61 Å². The fourth-order valence-corrected chi connectivity index (χ4v) is 2.17. The van der Waals surface area contributed by atoms with Gasteiger partial charge in [0, 0.05) is 18.0 Å². The van der Waals surface area contributed by atoms with E-state index in [9.17, 15) is 19.5 Å². The molecule has 1 N–H and O–H groups in total. The Labute approximate surface area is 120 Å². The van der Waals surface area contributed by atoms with E-state index in [-0.39, 0.29) is 17.7 Å². The van der Waals surface area contributed by atoms with Gasteiger partial charge in [-0.2, -0.15) is 0 Å². The summed E-state index contributed by atoms with van der Waals surface area (Å²) in [5, 5.41) is 9.75. The summed E-state index contributed by atoms with van der Waals surface area (Å²) in [5.41, 5.74) is -0.532. The van der Waals surface area contributed by atoms with E-state index in [0.29, 0.717) is 12.1 Å². The number of pyridine rings is 1. The van der Waals surface area contributed by atoms with Gasteiger partial charge in [-0.1, -0.05) is 0 Å². The van der Waals surface area contributed by atoms with Gasteiger partial charge in [-0.3, -0.25) is 9.59 Å². The van der Waals surface area contributed by atoms with Crippen LogP contribution in [0.5, 0.6) is 5.75 Å². The van der Waals surface area contributed by atoms with Gasteiger partial charge < -0.3 is 14.4 Å². The topological polar surface area (TPSA) is 85.6 Å². The van der Waals surface area contributed by atoms with Crippen molar-refractivity contribution in [2.45, 2.75) is 20.4 Å². The van der Waals surface area contributed by atoms with Crippen LogP contribution in [0.25, 0.3) is 10.9 Å². The number of esters is 1. The Balaban J connectivity index is 2.92.